The molecule has 0 heterocycles. The first kappa shape index (κ1) is 104. The van der Waals surface area contributed by atoms with Gasteiger partial charge in [-0.2, -0.15) is 0 Å². The number of hydrogen-bond acceptors (Lipinski definition) is 8. The minimum absolute atomic E-state index is 0.302. The molecule has 6 aliphatic rings. The molecular formula is C114H122Cl12N2O6. The van der Waals surface area contributed by atoms with Crippen molar-refractivity contribution in [2.45, 2.75) is 178 Å². The van der Waals surface area contributed by atoms with E-state index < -0.39 is 0 Å². The molecule has 0 saturated heterocycles. The van der Waals surface area contributed by atoms with E-state index in [1.54, 1.807) is 42.7 Å². The second-order valence-electron chi connectivity index (χ2n) is 36.7. The van der Waals surface area contributed by atoms with E-state index in [2.05, 4.69) is 199 Å². The second-order valence-corrected chi connectivity index (χ2v) is 41.6. The Kier molecular flexibility index (Phi) is 37.8. The molecule has 0 aliphatic heterocycles. The van der Waals surface area contributed by atoms with Gasteiger partial charge in [-0.3, -0.25) is 0 Å². The van der Waals surface area contributed by atoms with Crippen molar-refractivity contribution in [3.8, 4) is 34.5 Å². The minimum Gasteiger partial charge on any atom is -0.497 e. The lowest BCUT2D eigenvalue weighted by Crippen LogP contribution is -2.35. The van der Waals surface area contributed by atoms with Crippen LogP contribution in [-0.2, 0) is 38.5 Å². The zero-order valence-electron chi connectivity index (χ0n) is 78.9. The van der Waals surface area contributed by atoms with Gasteiger partial charge in [-0.05, 0) is 375 Å². The Bertz CT molecular complexity index is 5420. The predicted octanol–water partition coefficient (Wildman–Crippen LogP) is 34.4. The smallest absolute Gasteiger partial charge is 0.119 e. The lowest BCUT2D eigenvalue weighted by Gasteiger charge is -2.36. The lowest BCUT2D eigenvalue weighted by atomic mass is 9.73. The summed E-state index contributed by atoms with van der Waals surface area (Å²) in [6.07, 6.45) is 18.1. The van der Waals surface area contributed by atoms with Crippen molar-refractivity contribution >= 4 is 139 Å². The summed E-state index contributed by atoms with van der Waals surface area (Å²) in [7, 11) is 18.9. The maximum absolute atomic E-state index is 6.25. The molecule has 12 atom stereocenters. The van der Waals surface area contributed by atoms with Gasteiger partial charge in [0.25, 0.3) is 0 Å². The fraction of sp³-hybridized carbons (Fsp3) is 0.368. The largest absolute Gasteiger partial charge is 0.497 e. The molecule has 12 aromatic carbocycles. The Morgan fingerprint density at radius 2 is 0.403 bits per heavy atom. The molecule has 0 unspecified atom stereocenters. The van der Waals surface area contributed by atoms with Crippen molar-refractivity contribution in [2.75, 3.05) is 70.8 Å². The summed E-state index contributed by atoms with van der Waals surface area (Å²) < 4.78 is 32.4. The normalized spacial score (nSPS) is 20.5. The first-order valence-corrected chi connectivity index (χ1v) is 51.0. The molecule has 708 valence electrons. The number of likely N-dealkylation sites (N-methyl/N-ethyl adjacent to an activating group) is 2. The first-order valence-electron chi connectivity index (χ1n) is 46.5. The quantitative estimate of drug-likeness (QED) is 0.0842. The van der Waals surface area contributed by atoms with Gasteiger partial charge in [0.05, 0.1) is 103 Å². The minimum atomic E-state index is 0.302. The van der Waals surface area contributed by atoms with Crippen LogP contribution in [0.4, 0.5) is 0 Å². The van der Waals surface area contributed by atoms with E-state index in [4.69, 9.17) is 168 Å². The fourth-order valence-electron chi connectivity index (χ4n) is 20.5. The predicted molar refractivity (Wildman–Crippen MR) is 568 cm³/mol. The molecular weight excluding hydrogens is 1920 g/mol. The number of fused-ring (bicyclic) bond motifs is 6. The molecule has 0 aromatic heterocycles. The van der Waals surface area contributed by atoms with Crippen LogP contribution in [0.5, 0.6) is 34.5 Å². The highest BCUT2D eigenvalue weighted by Gasteiger charge is 2.36. The molecule has 0 spiro atoms. The number of methoxy groups -OCH3 is 6. The number of nitrogens with zero attached hydrogens (tertiary/aromatic N) is 2. The fourth-order valence-corrected chi connectivity index (χ4v) is 22.4. The van der Waals surface area contributed by atoms with E-state index in [0.29, 0.717) is 132 Å². The highest BCUT2D eigenvalue weighted by Crippen LogP contribution is 2.51. The average molecular weight is 2040 g/mol. The van der Waals surface area contributed by atoms with E-state index in [0.717, 1.165) is 112 Å². The molecule has 134 heavy (non-hydrogen) atoms. The monoisotopic (exact) mass is 2030 g/mol. The third kappa shape index (κ3) is 25.7. The number of benzene rings is 12. The summed E-state index contributed by atoms with van der Waals surface area (Å²) in [4.78, 5) is 4.61. The summed E-state index contributed by atoms with van der Waals surface area (Å²) >= 11 is 73.8. The molecule has 0 amide bonds. The standard InChI is InChI=1S/2C19H21Cl2NO.4C19H20Cl2O/c2*1-22(2)14-8-12-4-6-15(23-3)11-17(12)16(10-14)13-5-7-18(20)19(21)9-13;4*1-3-12-8-14-10-15(22-2)5-6-16(14)17(9-12)13-4-7-18(20)19(21)11-13/h2*4-7,9,11,14,16H,8,10H2,1-3H3;4*4-7,10-12,17H,3,8-9H2,1-2H3/t2*14-,16+;2*12-,17+;2*12-,17-/m101010/s1. The van der Waals surface area contributed by atoms with Crippen LogP contribution >= 0.6 is 139 Å². The molecule has 0 saturated carbocycles. The van der Waals surface area contributed by atoms with E-state index >= 15 is 0 Å². The summed E-state index contributed by atoms with van der Waals surface area (Å²) in [5.74, 6) is 10.4. The van der Waals surface area contributed by atoms with Crippen LogP contribution in [0.2, 0.25) is 60.3 Å². The maximum Gasteiger partial charge on any atom is 0.119 e. The van der Waals surface area contributed by atoms with Gasteiger partial charge >= 0.3 is 0 Å². The van der Waals surface area contributed by atoms with Crippen molar-refractivity contribution in [1.82, 2.24) is 9.80 Å². The molecule has 18 rings (SSSR count). The van der Waals surface area contributed by atoms with Gasteiger partial charge in [0, 0.05) is 47.6 Å². The Hall–Kier alpha value is -7.16. The Balaban J connectivity index is 0.000000136. The Morgan fingerprint density at radius 3 is 0.590 bits per heavy atom. The second kappa shape index (κ2) is 48.6. The number of rotatable bonds is 18. The molecule has 8 nitrogen and oxygen atoms in total. The van der Waals surface area contributed by atoms with Crippen LogP contribution in [0.15, 0.2) is 218 Å². The number of halogens is 12. The molecule has 20 heteroatoms. The van der Waals surface area contributed by atoms with E-state index in [-0.39, 0.29) is 0 Å². The zero-order valence-corrected chi connectivity index (χ0v) is 88.0. The SMILES string of the molecule is CC[C@@H]1Cc2cc(OC)ccc2[C@@H](c2ccc(Cl)c(Cl)c2)C1.CC[C@@H]1Cc2cc(OC)ccc2[C@H](c2ccc(Cl)c(Cl)c2)C1.CC[C@H]1Cc2cc(OC)ccc2[C@@H](c2ccc(Cl)c(Cl)c2)C1.CC[C@H]1Cc2cc(OC)ccc2[C@H](c2ccc(Cl)c(Cl)c2)C1.COc1ccc2c(c1)[C@@H](c1ccc(Cl)c(Cl)c1)C[C@@H](N(C)C)C2.COc1ccc2c(c1)[C@H](c1ccc(Cl)c(Cl)c1)C[C@H](N(C)C)C2. The van der Waals surface area contributed by atoms with Crippen molar-refractivity contribution in [1.29, 1.82) is 0 Å². The van der Waals surface area contributed by atoms with Crippen LogP contribution in [0.25, 0.3) is 0 Å². The van der Waals surface area contributed by atoms with Crippen LogP contribution in [0, 0.1) is 23.7 Å². The van der Waals surface area contributed by atoms with Crippen molar-refractivity contribution in [3.05, 3.63) is 379 Å². The highest BCUT2D eigenvalue weighted by molar-refractivity contribution is 6.44. The lowest BCUT2D eigenvalue weighted by molar-refractivity contribution is 0.258. The number of ether oxygens (including phenoxy) is 6. The van der Waals surface area contributed by atoms with Crippen molar-refractivity contribution in [2.24, 2.45) is 23.7 Å². The van der Waals surface area contributed by atoms with Crippen LogP contribution < -0.4 is 28.4 Å². The van der Waals surface area contributed by atoms with Gasteiger partial charge in [-0.1, -0.05) is 265 Å². The van der Waals surface area contributed by atoms with Crippen LogP contribution in [0.3, 0.4) is 0 Å². The zero-order chi connectivity index (χ0) is 95.9. The molecule has 0 bridgehead atoms. The van der Waals surface area contributed by atoms with Gasteiger partial charge in [-0.25, -0.2) is 0 Å². The highest BCUT2D eigenvalue weighted by atomic mass is 35.5. The third-order valence-corrected chi connectivity index (χ3v) is 32.9. The summed E-state index contributed by atoms with van der Waals surface area (Å²) in [6.45, 7) is 9.06. The summed E-state index contributed by atoms with van der Waals surface area (Å²) in [5, 5.41) is 7.41. The van der Waals surface area contributed by atoms with E-state index in [9.17, 15) is 0 Å². The topological polar surface area (TPSA) is 61.9 Å². The van der Waals surface area contributed by atoms with Gasteiger partial charge in [0.15, 0.2) is 0 Å². The summed E-state index contributed by atoms with van der Waals surface area (Å²) in [6, 6.07) is 75.6. The molecule has 12 aromatic rings. The van der Waals surface area contributed by atoms with Crippen molar-refractivity contribution in [3.63, 3.8) is 0 Å². The van der Waals surface area contributed by atoms with Gasteiger partial charge in [-0.15, -0.1) is 0 Å². The molecule has 0 radical (unpaired) electrons. The molecule has 0 N–H and O–H groups in total. The molecule has 6 aliphatic carbocycles. The maximum atomic E-state index is 6.25. The van der Waals surface area contributed by atoms with Crippen LogP contribution in [0.1, 0.15) is 228 Å². The van der Waals surface area contributed by atoms with Crippen LogP contribution in [-0.4, -0.2) is 92.7 Å². The summed E-state index contributed by atoms with van der Waals surface area (Å²) in [5.41, 5.74) is 24.0. The Morgan fingerprint density at radius 1 is 0.209 bits per heavy atom. The first-order chi connectivity index (χ1) is 64.5. The number of hydrogen-bond donors (Lipinski definition) is 0. The third-order valence-electron chi connectivity index (χ3n) is 28.4. The molecule has 0 fully saturated rings. The van der Waals surface area contributed by atoms with Gasteiger partial charge < -0.3 is 38.2 Å². The van der Waals surface area contributed by atoms with Crippen molar-refractivity contribution < 1.29 is 28.4 Å². The van der Waals surface area contributed by atoms with Gasteiger partial charge in [0.1, 0.15) is 34.5 Å². The van der Waals surface area contributed by atoms with Gasteiger partial charge in [0.2, 0.25) is 0 Å². The van der Waals surface area contributed by atoms with E-state index in [1.807, 2.05) is 84.9 Å². The average Bonchev–Trinajstić information content (AvgIpc) is 0.794. The Labute approximate surface area is 855 Å². The van der Waals surface area contributed by atoms with E-state index in [1.165, 1.54) is 126 Å².